The number of carbonyl (C=O) groups is 2. The summed E-state index contributed by atoms with van der Waals surface area (Å²) in [7, 11) is 0. The van der Waals surface area contributed by atoms with Crippen molar-refractivity contribution in [3.63, 3.8) is 0 Å². The van der Waals surface area contributed by atoms with Gasteiger partial charge in [0.1, 0.15) is 5.60 Å². The predicted molar refractivity (Wildman–Crippen MR) is 146 cm³/mol. The fourth-order valence-electron chi connectivity index (χ4n) is 5.17. The summed E-state index contributed by atoms with van der Waals surface area (Å²) in [6, 6.07) is 18.3. The van der Waals surface area contributed by atoms with Gasteiger partial charge in [-0.25, -0.2) is 4.79 Å². The molecule has 5 rings (SSSR count). The van der Waals surface area contributed by atoms with Crippen LogP contribution in [0.15, 0.2) is 54.6 Å². The maximum atomic E-state index is 13.0. The molecular weight excluding hydrogens is 460 g/mol. The minimum atomic E-state index is -0.535. The monoisotopic (exact) mass is 494 g/mol. The van der Waals surface area contributed by atoms with Crippen LogP contribution in [-0.2, 0) is 30.7 Å². The van der Waals surface area contributed by atoms with Crippen molar-refractivity contribution in [1.82, 2.24) is 10.6 Å². The first-order valence-electron chi connectivity index (χ1n) is 13.1. The van der Waals surface area contributed by atoms with Gasteiger partial charge in [0.05, 0.1) is 0 Å². The van der Waals surface area contributed by atoms with Crippen LogP contribution in [0.1, 0.15) is 66.2 Å². The van der Waals surface area contributed by atoms with Crippen LogP contribution >= 0.6 is 0 Å². The van der Waals surface area contributed by atoms with E-state index >= 15 is 0 Å². The van der Waals surface area contributed by atoms with Crippen molar-refractivity contribution in [1.29, 1.82) is 0 Å². The van der Waals surface area contributed by atoms with Gasteiger partial charge in [0.15, 0.2) is 0 Å². The van der Waals surface area contributed by atoms with E-state index in [1.165, 1.54) is 33.2 Å². The lowest BCUT2D eigenvalue weighted by atomic mass is 9.88. The molecule has 37 heavy (non-hydrogen) atoms. The molecular formula is C32H34N2O3. The van der Waals surface area contributed by atoms with Crippen LogP contribution in [-0.4, -0.2) is 17.6 Å². The second kappa shape index (κ2) is 10.3. The van der Waals surface area contributed by atoms with E-state index < -0.39 is 11.7 Å². The number of alkyl carbamates (subject to hydrolysis) is 1. The Hall–Kier alpha value is -3.86. The zero-order valence-electron chi connectivity index (χ0n) is 21.8. The average molecular weight is 495 g/mol. The highest BCUT2D eigenvalue weighted by atomic mass is 16.6. The molecule has 0 heterocycles. The highest BCUT2D eigenvalue weighted by Gasteiger charge is 2.16. The summed E-state index contributed by atoms with van der Waals surface area (Å²) in [6.07, 6.45) is 8.61. The lowest BCUT2D eigenvalue weighted by molar-refractivity contribution is 0.0523. The minimum Gasteiger partial charge on any atom is -0.444 e. The van der Waals surface area contributed by atoms with E-state index in [1.54, 1.807) is 0 Å². The summed E-state index contributed by atoms with van der Waals surface area (Å²) in [5, 5.41) is 10.8. The molecule has 2 aliphatic carbocycles. The van der Waals surface area contributed by atoms with Gasteiger partial charge >= 0.3 is 6.09 Å². The number of fused-ring (bicyclic) bond motifs is 4. The molecule has 5 nitrogen and oxygen atoms in total. The number of rotatable bonds is 5. The number of nitrogens with one attached hydrogen (secondary N) is 2. The van der Waals surface area contributed by atoms with Crippen LogP contribution < -0.4 is 21.1 Å². The van der Waals surface area contributed by atoms with Crippen molar-refractivity contribution >= 4 is 24.2 Å². The van der Waals surface area contributed by atoms with E-state index in [9.17, 15) is 9.59 Å². The Labute approximate surface area is 217 Å². The van der Waals surface area contributed by atoms with Crippen molar-refractivity contribution in [3.05, 3.63) is 103 Å². The van der Waals surface area contributed by atoms with E-state index in [0.29, 0.717) is 18.7 Å². The van der Waals surface area contributed by atoms with Crippen LogP contribution in [0.4, 0.5) is 4.79 Å². The van der Waals surface area contributed by atoms with Gasteiger partial charge in [-0.3, -0.25) is 4.79 Å². The third-order valence-corrected chi connectivity index (χ3v) is 6.87. The van der Waals surface area contributed by atoms with Gasteiger partial charge in [0.25, 0.3) is 5.91 Å². The van der Waals surface area contributed by atoms with Crippen LogP contribution in [0.25, 0.3) is 12.2 Å². The molecule has 0 saturated carbocycles. The van der Waals surface area contributed by atoms with Gasteiger partial charge in [-0.05, 0) is 102 Å². The summed E-state index contributed by atoms with van der Waals surface area (Å²) in [4.78, 5) is 24.9. The Morgan fingerprint density at radius 2 is 1.59 bits per heavy atom. The van der Waals surface area contributed by atoms with Crippen LogP contribution in [0.5, 0.6) is 0 Å². The molecule has 2 aliphatic rings. The van der Waals surface area contributed by atoms with E-state index in [2.05, 4.69) is 41.0 Å². The second-order valence-electron chi connectivity index (χ2n) is 10.8. The predicted octanol–water partition coefficient (Wildman–Crippen LogP) is 4.38. The topological polar surface area (TPSA) is 67.4 Å². The summed E-state index contributed by atoms with van der Waals surface area (Å²) in [5.41, 5.74) is 4.98. The molecule has 190 valence electrons. The van der Waals surface area contributed by atoms with Crippen LogP contribution in [0, 0.1) is 10.4 Å². The molecule has 0 unspecified atom stereocenters. The fourth-order valence-corrected chi connectivity index (χ4v) is 5.17. The SMILES string of the molecule is CC(C)(C)OC(=O)NCc1cccc(CNC(=O)c2ccc3c(c2)=CCc2c4c(ccc2=3)=CCCC4)c1. The van der Waals surface area contributed by atoms with E-state index in [4.69, 9.17) is 4.74 Å². The van der Waals surface area contributed by atoms with Crippen molar-refractivity contribution in [2.24, 2.45) is 0 Å². The molecule has 2 amide bonds. The Bertz CT molecular complexity index is 1580. The minimum absolute atomic E-state index is 0.0979. The van der Waals surface area contributed by atoms with Gasteiger partial charge in [-0.15, -0.1) is 0 Å². The van der Waals surface area contributed by atoms with E-state index in [0.717, 1.165) is 35.6 Å². The largest absolute Gasteiger partial charge is 0.444 e. The first kappa shape index (κ1) is 24.8. The normalized spacial score (nSPS) is 13.7. The number of ether oxygens (including phenoxy) is 1. The average Bonchev–Trinajstić information content (AvgIpc) is 2.89. The van der Waals surface area contributed by atoms with Crippen molar-refractivity contribution in [2.45, 2.75) is 65.1 Å². The number of amides is 2. The lowest BCUT2D eigenvalue weighted by Gasteiger charge is -2.19. The zero-order chi connectivity index (χ0) is 26.0. The molecule has 0 radical (unpaired) electrons. The number of carbonyl (C=O) groups excluding carboxylic acids is 2. The van der Waals surface area contributed by atoms with Crippen LogP contribution in [0.3, 0.4) is 0 Å². The molecule has 5 heteroatoms. The third-order valence-electron chi connectivity index (χ3n) is 6.87. The second-order valence-corrected chi connectivity index (χ2v) is 10.8. The Kier molecular flexibility index (Phi) is 6.88. The van der Waals surface area contributed by atoms with E-state index in [1.807, 2.05) is 57.2 Å². The summed E-state index contributed by atoms with van der Waals surface area (Å²) in [5.74, 6) is -0.0979. The third kappa shape index (κ3) is 5.77. The van der Waals surface area contributed by atoms with Gasteiger partial charge in [0.2, 0.25) is 0 Å². The highest BCUT2D eigenvalue weighted by molar-refractivity contribution is 5.94. The molecule has 0 aromatic heterocycles. The Balaban J connectivity index is 1.28. The van der Waals surface area contributed by atoms with Crippen molar-refractivity contribution in [2.75, 3.05) is 0 Å². The number of benzene rings is 3. The molecule has 0 spiro atoms. The molecule has 0 fully saturated rings. The highest BCUT2D eigenvalue weighted by Crippen LogP contribution is 2.18. The summed E-state index contributed by atoms with van der Waals surface area (Å²) in [6.45, 7) is 6.27. The van der Waals surface area contributed by atoms with Crippen molar-refractivity contribution in [3.8, 4) is 0 Å². The molecule has 2 N–H and O–H groups in total. The Morgan fingerprint density at radius 1 is 0.838 bits per heavy atom. The van der Waals surface area contributed by atoms with Crippen LogP contribution in [0.2, 0.25) is 0 Å². The quantitative estimate of drug-likeness (QED) is 0.553. The summed E-state index contributed by atoms with van der Waals surface area (Å²) < 4.78 is 5.29. The fraction of sp³-hybridized carbons (Fsp3) is 0.312. The lowest BCUT2D eigenvalue weighted by Crippen LogP contribution is -2.32. The maximum Gasteiger partial charge on any atom is 0.407 e. The molecule has 0 bridgehead atoms. The van der Waals surface area contributed by atoms with Crippen molar-refractivity contribution < 1.29 is 14.3 Å². The van der Waals surface area contributed by atoms with Gasteiger partial charge in [0, 0.05) is 18.7 Å². The van der Waals surface area contributed by atoms with Gasteiger partial charge in [-0.2, -0.15) is 0 Å². The zero-order valence-corrected chi connectivity index (χ0v) is 21.8. The standard InChI is InChI=1S/C32H34N2O3/c1-32(2,3)37-31(36)34-20-22-8-6-7-21(17-22)19-33-30(35)25-13-14-27-24(18-25)12-16-28-26-10-5-4-9-23(26)11-15-29(27)28/h6-9,11-15,17-18H,4-5,10,16,19-20H2,1-3H3,(H,33,35)(H,34,36). The first-order valence-corrected chi connectivity index (χ1v) is 13.1. The molecule has 0 atom stereocenters. The molecule has 3 aromatic rings. The number of hydrogen-bond acceptors (Lipinski definition) is 3. The van der Waals surface area contributed by atoms with Gasteiger partial charge in [-0.1, -0.05) is 54.6 Å². The summed E-state index contributed by atoms with van der Waals surface area (Å²) >= 11 is 0. The van der Waals surface area contributed by atoms with Gasteiger partial charge < -0.3 is 15.4 Å². The Morgan fingerprint density at radius 3 is 2.38 bits per heavy atom. The molecule has 3 aromatic carbocycles. The smallest absolute Gasteiger partial charge is 0.407 e. The maximum absolute atomic E-state index is 13.0. The molecule has 0 aliphatic heterocycles. The molecule has 0 saturated heterocycles. The van der Waals surface area contributed by atoms with E-state index in [-0.39, 0.29) is 5.91 Å². The first-order chi connectivity index (χ1) is 17.8. The number of hydrogen-bond donors (Lipinski definition) is 2.